The van der Waals surface area contributed by atoms with E-state index >= 15 is 0 Å². The Kier molecular flexibility index (Phi) is 3.22. The molecule has 3 rings (SSSR count). The number of nitrogens with zero attached hydrogens (tertiary/aromatic N) is 1. The topological polar surface area (TPSA) is 79.3 Å². The molecule has 20 heavy (non-hydrogen) atoms. The maximum atomic E-state index is 12.3. The van der Waals surface area contributed by atoms with Crippen molar-refractivity contribution < 1.29 is 14.7 Å². The van der Waals surface area contributed by atoms with Gasteiger partial charge >= 0.3 is 5.97 Å². The fourth-order valence-corrected chi connectivity index (χ4v) is 3.29. The molecule has 2 N–H and O–H groups in total. The van der Waals surface area contributed by atoms with Gasteiger partial charge in [-0.25, -0.2) is 4.98 Å². The molecule has 2 bridgehead atoms. The number of nitrogens with one attached hydrogen (secondary N) is 1. The van der Waals surface area contributed by atoms with E-state index in [0.29, 0.717) is 10.8 Å². The van der Waals surface area contributed by atoms with Crippen LogP contribution >= 0.6 is 11.6 Å². The molecule has 2 aliphatic carbocycles. The zero-order valence-corrected chi connectivity index (χ0v) is 11.2. The molecule has 5 nitrogen and oxygen atoms in total. The van der Waals surface area contributed by atoms with E-state index in [2.05, 4.69) is 10.3 Å². The average molecular weight is 293 g/mol. The van der Waals surface area contributed by atoms with Gasteiger partial charge in [-0.1, -0.05) is 23.8 Å². The summed E-state index contributed by atoms with van der Waals surface area (Å²) >= 11 is 5.73. The summed E-state index contributed by atoms with van der Waals surface area (Å²) in [6.07, 6.45) is 6.03. The average Bonchev–Trinajstić information content (AvgIpc) is 3.01. The first-order chi connectivity index (χ1) is 9.56. The van der Waals surface area contributed by atoms with Crippen LogP contribution in [0.4, 0.5) is 5.82 Å². The van der Waals surface area contributed by atoms with Crippen LogP contribution in [-0.4, -0.2) is 22.0 Å². The van der Waals surface area contributed by atoms with Crippen LogP contribution in [0.1, 0.15) is 6.42 Å². The van der Waals surface area contributed by atoms with Crippen molar-refractivity contribution >= 4 is 29.3 Å². The number of carbonyl (C=O) groups is 2. The summed E-state index contributed by atoms with van der Waals surface area (Å²) < 4.78 is 0. The van der Waals surface area contributed by atoms with Gasteiger partial charge < -0.3 is 10.4 Å². The van der Waals surface area contributed by atoms with Gasteiger partial charge in [-0.3, -0.25) is 9.59 Å². The maximum Gasteiger partial charge on any atom is 0.307 e. The Labute approximate surface area is 120 Å². The second-order valence-electron chi connectivity index (χ2n) is 5.19. The Morgan fingerprint density at radius 1 is 1.25 bits per heavy atom. The lowest BCUT2D eigenvalue weighted by Crippen LogP contribution is -2.36. The van der Waals surface area contributed by atoms with Crippen molar-refractivity contribution in [3.05, 3.63) is 35.5 Å². The van der Waals surface area contributed by atoms with Gasteiger partial charge in [0.2, 0.25) is 5.91 Å². The van der Waals surface area contributed by atoms with Crippen LogP contribution in [0.15, 0.2) is 30.5 Å². The van der Waals surface area contributed by atoms with E-state index in [1.54, 1.807) is 12.1 Å². The molecule has 0 spiro atoms. The summed E-state index contributed by atoms with van der Waals surface area (Å²) in [5.74, 6) is -2.01. The van der Waals surface area contributed by atoms with Gasteiger partial charge in [-0.2, -0.15) is 0 Å². The standard InChI is InChI=1S/C14H13ClN2O3/c15-9-3-4-10(16-6-9)17-13(18)11-7-1-2-8(5-7)12(11)14(19)20/h1-4,6-8,11-12H,5H2,(H,19,20)(H,16,17,18). The van der Waals surface area contributed by atoms with Crippen LogP contribution in [-0.2, 0) is 9.59 Å². The maximum absolute atomic E-state index is 12.3. The molecule has 1 fully saturated rings. The second-order valence-corrected chi connectivity index (χ2v) is 5.63. The summed E-state index contributed by atoms with van der Waals surface area (Å²) in [4.78, 5) is 27.7. The molecule has 1 aromatic heterocycles. The van der Waals surface area contributed by atoms with E-state index < -0.39 is 17.8 Å². The first kappa shape index (κ1) is 13.1. The van der Waals surface area contributed by atoms with Crippen molar-refractivity contribution in [2.75, 3.05) is 5.32 Å². The highest BCUT2D eigenvalue weighted by Gasteiger charge is 2.51. The van der Waals surface area contributed by atoms with E-state index in [-0.39, 0.29) is 17.7 Å². The number of halogens is 1. The highest BCUT2D eigenvalue weighted by atomic mass is 35.5. The SMILES string of the molecule is O=C(O)C1C2C=CC(C2)C1C(=O)Nc1ccc(Cl)cn1. The number of pyridine rings is 1. The predicted octanol–water partition coefficient (Wildman–Crippen LogP) is 2.20. The van der Waals surface area contributed by atoms with E-state index in [4.69, 9.17) is 11.6 Å². The number of hydrogen-bond acceptors (Lipinski definition) is 3. The second kappa shape index (κ2) is 4.90. The molecule has 1 saturated carbocycles. The van der Waals surface area contributed by atoms with Crippen LogP contribution in [0.3, 0.4) is 0 Å². The molecule has 0 aliphatic heterocycles. The van der Waals surface area contributed by atoms with Gasteiger partial charge in [-0.15, -0.1) is 0 Å². The van der Waals surface area contributed by atoms with Gasteiger partial charge in [-0.05, 0) is 30.4 Å². The molecule has 104 valence electrons. The van der Waals surface area contributed by atoms with Crippen LogP contribution in [0.2, 0.25) is 5.02 Å². The normalized spacial score (nSPS) is 30.4. The third-order valence-electron chi connectivity index (χ3n) is 4.03. The smallest absolute Gasteiger partial charge is 0.307 e. The minimum absolute atomic E-state index is 0.00778. The molecule has 1 heterocycles. The molecular weight excluding hydrogens is 280 g/mol. The van der Waals surface area contributed by atoms with Gasteiger partial charge in [0, 0.05) is 6.20 Å². The summed E-state index contributed by atoms with van der Waals surface area (Å²) in [7, 11) is 0. The summed E-state index contributed by atoms with van der Waals surface area (Å²) in [5, 5.41) is 12.5. The van der Waals surface area contributed by atoms with Crippen LogP contribution in [0.5, 0.6) is 0 Å². The highest BCUT2D eigenvalue weighted by molar-refractivity contribution is 6.30. The van der Waals surface area contributed by atoms with Crippen molar-refractivity contribution in [2.45, 2.75) is 6.42 Å². The fourth-order valence-electron chi connectivity index (χ4n) is 3.18. The van der Waals surface area contributed by atoms with Crippen molar-refractivity contribution in [3.8, 4) is 0 Å². The largest absolute Gasteiger partial charge is 0.481 e. The van der Waals surface area contributed by atoms with Gasteiger partial charge in [0.25, 0.3) is 0 Å². The summed E-state index contributed by atoms with van der Waals surface area (Å²) in [5.41, 5.74) is 0. The molecular formula is C14H13ClN2O3. The Hall–Kier alpha value is -1.88. The van der Waals surface area contributed by atoms with E-state index in [1.807, 2.05) is 12.2 Å². The number of fused-ring (bicyclic) bond motifs is 2. The molecule has 0 aromatic carbocycles. The van der Waals surface area contributed by atoms with Gasteiger partial charge in [0.05, 0.1) is 16.9 Å². The summed E-state index contributed by atoms with van der Waals surface area (Å²) in [6.45, 7) is 0. The minimum Gasteiger partial charge on any atom is -0.481 e. The molecule has 1 amide bonds. The number of carboxylic acid groups (broad SMARTS) is 1. The minimum atomic E-state index is -0.911. The number of rotatable bonds is 3. The highest BCUT2D eigenvalue weighted by Crippen LogP contribution is 2.48. The van der Waals surface area contributed by atoms with Crippen molar-refractivity contribution in [1.29, 1.82) is 0 Å². The molecule has 0 saturated heterocycles. The zero-order valence-electron chi connectivity index (χ0n) is 10.5. The number of aliphatic carboxylic acids is 1. The van der Waals surface area contributed by atoms with Crippen molar-refractivity contribution in [3.63, 3.8) is 0 Å². The van der Waals surface area contributed by atoms with Crippen molar-refractivity contribution in [2.24, 2.45) is 23.7 Å². The third-order valence-corrected chi connectivity index (χ3v) is 4.25. The Balaban J connectivity index is 1.78. The Morgan fingerprint density at radius 3 is 2.55 bits per heavy atom. The molecule has 0 radical (unpaired) electrons. The number of anilines is 1. The Bertz CT molecular complexity index is 585. The van der Waals surface area contributed by atoms with E-state index in [9.17, 15) is 14.7 Å². The molecule has 4 unspecified atom stereocenters. The van der Waals surface area contributed by atoms with E-state index in [1.165, 1.54) is 6.20 Å². The van der Waals surface area contributed by atoms with E-state index in [0.717, 1.165) is 6.42 Å². The number of aromatic nitrogens is 1. The van der Waals surface area contributed by atoms with Crippen LogP contribution < -0.4 is 5.32 Å². The first-order valence-corrected chi connectivity index (χ1v) is 6.77. The lowest BCUT2D eigenvalue weighted by molar-refractivity contribution is -0.146. The number of carbonyl (C=O) groups excluding carboxylic acids is 1. The lowest BCUT2D eigenvalue weighted by Gasteiger charge is -2.23. The zero-order chi connectivity index (χ0) is 14.3. The molecule has 4 atom stereocenters. The van der Waals surface area contributed by atoms with Gasteiger partial charge in [0.1, 0.15) is 5.82 Å². The summed E-state index contributed by atoms with van der Waals surface area (Å²) in [6, 6.07) is 3.22. The van der Waals surface area contributed by atoms with Gasteiger partial charge in [0.15, 0.2) is 0 Å². The quantitative estimate of drug-likeness (QED) is 0.837. The third kappa shape index (κ3) is 2.18. The van der Waals surface area contributed by atoms with Crippen LogP contribution in [0, 0.1) is 23.7 Å². The number of amides is 1. The number of allylic oxidation sites excluding steroid dienone is 2. The number of carboxylic acids is 1. The lowest BCUT2D eigenvalue weighted by atomic mass is 9.82. The van der Waals surface area contributed by atoms with Crippen LogP contribution in [0.25, 0.3) is 0 Å². The Morgan fingerprint density at radius 2 is 1.95 bits per heavy atom. The molecule has 2 aliphatic rings. The molecule has 6 heteroatoms. The number of hydrogen-bond donors (Lipinski definition) is 2. The molecule has 1 aromatic rings. The van der Waals surface area contributed by atoms with Crippen molar-refractivity contribution in [1.82, 2.24) is 4.98 Å². The first-order valence-electron chi connectivity index (χ1n) is 6.40. The monoisotopic (exact) mass is 292 g/mol. The predicted molar refractivity (Wildman–Crippen MR) is 73.2 cm³/mol. The fraction of sp³-hybridized carbons (Fsp3) is 0.357.